The van der Waals surface area contributed by atoms with Crippen molar-refractivity contribution in [1.29, 1.82) is 0 Å². The van der Waals surface area contributed by atoms with Gasteiger partial charge in [0.2, 0.25) is 0 Å². The molecule has 0 unspecified atom stereocenters. The molecule has 2 fully saturated rings. The second kappa shape index (κ2) is 8.83. The van der Waals surface area contributed by atoms with Crippen molar-refractivity contribution in [3.05, 3.63) is 35.9 Å². The van der Waals surface area contributed by atoms with Crippen molar-refractivity contribution < 1.29 is 14.3 Å². The number of rotatable bonds is 6. The number of hydrogen-bond acceptors (Lipinski definition) is 4. The highest BCUT2D eigenvalue weighted by Crippen LogP contribution is 2.33. The molecule has 28 heavy (non-hydrogen) atoms. The summed E-state index contributed by atoms with van der Waals surface area (Å²) in [5, 5.41) is 0. The molecule has 0 spiro atoms. The van der Waals surface area contributed by atoms with Crippen molar-refractivity contribution in [2.75, 3.05) is 39.4 Å². The van der Waals surface area contributed by atoms with E-state index in [0.29, 0.717) is 12.5 Å². The van der Waals surface area contributed by atoms with Crippen LogP contribution in [0.25, 0.3) is 0 Å². The second-order valence-corrected chi connectivity index (χ2v) is 9.33. The van der Waals surface area contributed by atoms with Gasteiger partial charge in [0.15, 0.2) is 0 Å². The van der Waals surface area contributed by atoms with Crippen molar-refractivity contribution in [2.24, 2.45) is 5.92 Å². The van der Waals surface area contributed by atoms with Crippen molar-refractivity contribution in [2.45, 2.75) is 58.1 Å². The van der Waals surface area contributed by atoms with Gasteiger partial charge < -0.3 is 14.4 Å². The quantitative estimate of drug-likeness (QED) is 0.740. The third kappa shape index (κ3) is 5.26. The Labute approximate surface area is 170 Å². The molecule has 2 heterocycles. The number of piperidine rings is 1. The Kier molecular flexibility index (Phi) is 6.66. The first-order valence-electron chi connectivity index (χ1n) is 10.7. The van der Waals surface area contributed by atoms with Crippen molar-refractivity contribution in [3.8, 4) is 0 Å². The maximum atomic E-state index is 12.4. The number of amides is 1. The van der Waals surface area contributed by atoms with Crippen LogP contribution in [0.3, 0.4) is 0 Å². The number of benzene rings is 1. The van der Waals surface area contributed by atoms with Gasteiger partial charge >= 0.3 is 6.09 Å². The molecule has 1 aromatic rings. The normalized spacial score (nSPS) is 20.4. The standard InChI is InChI=1S/C23H36N2O3/c1-5-24(21(26)28-22(2,3)4)16-20-11-13-25(14-12-20)23(17-27-18-23)15-19-9-7-6-8-10-19/h6-10,20H,5,11-18H2,1-4H3. The first kappa shape index (κ1) is 21.1. The van der Waals surface area contributed by atoms with Gasteiger partial charge in [0.1, 0.15) is 5.60 Å². The molecule has 3 rings (SSSR count). The summed E-state index contributed by atoms with van der Waals surface area (Å²) in [5.74, 6) is 0.540. The first-order chi connectivity index (χ1) is 13.3. The molecule has 0 radical (unpaired) electrons. The zero-order valence-electron chi connectivity index (χ0n) is 17.9. The van der Waals surface area contributed by atoms with Gasteiger partial charge in [-0.2, -0.15) is 0 Å². The van der Waals surface area contributed by atoms with E-state index in [-0.39, 0.29) is 11.6 Å². The minimum atomic E-state index is -0.443. The minimum Gasteiger partial charge on any atom is -0.444 e. The average Bonchev–Trinajstić information content (AvgIpc) is 2.63. The fourth-order valence-electron chi connectivity index (χ4n) is 4.27. The van der Waals surface area contributed by atoms with E-state index >= 15 is 0 Å². The summed E-state index contributed by atoms with van der Waals surface area (Å²) in [6.07, 6.45) is 3.11. The summed E-state index contributed by atoms with van der Waals surface area (Å²) < 4.78 is 11.2. The number of carbonyl (C=O) groups is 1. The molecule has 1 aromatic carbocycles. The summed E-state index contributed by atoms with van der Waals surface area (Å²) in [5.41, 5.74) is 1.10. The maximum Gasteiger partial charge on any atom is 0.410 e. The van der Waals surface area contributed by atoms with Crippen LogP contribution in [0.5, 0.6) is 0 Å². The van der Waals surface area contributed by atoms with Crippen LogP contribution in [-0.4, -0.2) is 66.4 Å². The maximum absolute atomic E-state index is 12.4. The van der Waals surface area contributed by atoms with Gasteiger partial charge in [-0.3, -0.25) is 4.90 Å². The zero-order valence-corrected chi connectivity index (χ0v) is 17.9. The molecule has 0 aromatic heterocycles. The fraction of sp³-hybridized carbons (Fsp3) is 0.696. The lowest BCUT2D eigenvalue weighted by Gasteiger charge is -2.52. The molecule has 1 amide bonds. The van der Waals surface area contributed by atoms with Crippen LogP contribution in [0.4, 0.5) is 4.79 Å². The minimum absolute atomic E-state index is 0.155. The van der Waals surface area contributed by atoms with Gasteiger partial charge in [-0.05, 0) is 71.5 Å². The molecular formula is C23H36N2O3. The molecule has 0 bridgehead atoms. The molecule has 2 aliphatic rings. The number of likely N-dealkylation sites (tertiary alicyclic amines) is 1. The van der Waals surface area contributed by atoms with E-state index in [1.807, 2.05) is 32.6 Å². The summed E-state index contributed by atoms with van der Waals surface area (Å²) in [6, 6.07) is 10.7. The SMILES string of the molecule is CCN(CC1CCN(C2(Cc3ccccc3)COC2)CC1)C(=O)OC(C)(C)C. The molecule has 2 saturated heterocycles. The molecule has 5 nitrogen and oxygen atoms in total. The van der Waals surface area contributed by atoms with Crippen LogP contribution in [0.1, 0.15) is 46.1 Å². The van der Waals surface area contributed by atoms with E-state index in [1.54, 1.807) is 0 Å². The van der Waals surface area contributed by atoms with Crippen molar-refractivity contribution in [1.82, 2.24) is 9.80 Å². The molecule has 0 saturated carbocycles. The number of nitrogens with zero attached hydrogens (tertiary/aromatic N) is 2. The van der Waals surface area contributed by atoms with E-state index in [0.717, 1.165) is 52.1 Å². The van der Waals surface area contributed by atoms with Gasteiger partial charge in [-0.1, -0.05) is 30.3 Å². The Morgan fingerprint density at radius 1 is 1.21 bits per heavy atom. The molecule has 0 N–H and O–H groups in total. The molecule has 0 atom stereocenters. The summed E-state index contributed by atoms with van der Waals surface area (Å²) in [7, 11) is 0. The van der Waals surface area contributed by atoms with E-state index in [4.69, 9.17) is 9.47 Å². The summed E-state index contributed by atoms with van der Waals surface area (Å²) in [4.78, 5) is 16.9. The third-order valence-corrected chi connectivity index (χ3v) is 5.91. The lowest BCUT2D eigenvalue weighted by molar-refractivity contribution is -0.148. The van der Waals surface area contributed by atoms with Crippen molar-refractivity contribution >= 4 is 6.09 Å². The Bertz CT molecular complexity index is 629. The number of ether oxygens (including phenoxy) is 2. The highest BCUT2D eigenvalue weighted by atomic mass is 16.6. The Morgan fingerprint density at radius 3 is 2.36 bits per heavy atom. The molecule has 2 aliphatic heterocycles. The number of hydrogen-bond donors (Lipinski definition) is 0. The largest absolute Gasteiger partial charge is 0.444 e. The zero-order chi connectivity index (χ0) is 20.2. The molecular weight excluding hydrogens is 352 g/mol. The van der Waals surface area contributed by atoms with Gasteiger partial charge in [-0.25, -0.2) is 4.79 Å². The summed E-state index contributed by atoms with van der Waals surface area (Å²) >= 11 is 0. The molecule has 5 heteroatoms. The molecule has 156 valence electrons. The average molecular weight is 389 g/mol. The van der Waals surface area contributed by atoms with E-state index in [2.05, 4.69) is 35.2 Å². The highest BCUT2D eigenvalue weighted by Gasteiger charge is 2.45. The van der Waals surface area contributed by atoms with Gasteiger partial charge in [0.25, 0.3) is 0 Å². The molecule has 0 aliphatic carbocycles. The smallest absolute Gasteiger partial charge is 0.410 e. The van der Waals surface area contributed by atoms with Gasteiger partial charge in [0.05, 0.1) is 18.8 Å². The van der Waals surface area contributed by atoms with Crippen LogP contribution >= 0.6 is 0 Å². The van der Waals surface area contributed by atoms with E-state index in [1.165, 1.54) is 5.56 Å². The van der Waals surface area contributed by atoms with E-state index < -0.39 is 5.60 Å². The monoisotopic (exact) mass is 388 g/mol. The van der Waals surface area contributed by atoms with Crippen LogP contribution in [0.2, 0.25) is 0 Å². The Hall–Kier alpha value is -1.59. The topological polar surface area (TPSA) is 42.0 Å². The lowest BCUT2D eigenvalue weighted by Crippen LogP contribution is -2.65. The van der Waals surface area contributed by atoms with Crippen LogP contribution in [-0.2, 0) is 15.9 Å². The van der Waals surface area contributed by atoms with Gasteiger partial charge in [-0.15, -0.1) is 0 Å². The fourth-order valence-corrected chi connectivity index (χ4v) is 4.27. The predicted octanol–water partition coefficient (Wildman–Crippen LogP) is 3.97. The highest BCUT2D eigenvalue weighted by molar-refractivity contribution is 5.68. The van der Waals surface area contributed by atoms with Crippen LogP contribution in [0.15, 0.2) is 30.3 Å². The van der Waals surface area contributed by atoms with Crippen molar-refractivity contribution in [3.63, 3.8) is 0 Å². The predicted molar refractivity (Wildman–Crippen MR) is 111 cm³/mol. The second-order valence-electron chi connectivity index (χ2n) is 9.33. The first-order valence-corrected chi connectivity index (χ1v) is 10.7. The Balaban J connectivity index is 1.52. The van der Waals surface area contributed by atoms with E-state index in [9.17, 15) is 4.79 Å². The third-order valence-electron chi connectivity index (χ3n) is 5.91. The lowest BCUT2D eigenvalue weighted by atomic mass is 9.84. The summed E-state index contributed by atoms with van der Waals surface area (Å²) in [6.45, 7) is 13.1. The van der Waals surface area contributed by atoms with Gasteiger partial charge in [0, 0.05) is 13.1 Å². The Morgan fingerprint density at radius 2 is 1.86 bits per heavy atom. The van der Waals surface area contributed by atoms with Crippen LogP contribution in [0, 0.1) is 5.92 Å². The number of carbonyl (C=O) groups excluding carboxylic acids is 1. The van der Waals surface area contributed by atoms with Crippen LogP contribution < -0.4 is 0 Å².